The quantitative estimate of drug-likeness (QED) is 0.774. The first-order valence-corrected chi connectivity index (χ1v) is 7.32. The fourth-order valence-electron chi connectivity index (χ4n) is 3.16. The van der Waals surface area contributed by atoms with Crippen LogP contribution in [0.15, 0.2) is 40.1 Å². The van der Waals surface area contributed by atoms with E-state index >= 15 is 0 Å². The normalized spacial score (nSPS) is 17.5. The molecule has 1 unspecified atom stereocenters. The van der Waals surface area contributed by atoms with E-state index in [4.69, 9.17) is 4.42 Å². The number of H-pyrrole nitrogens is 1. The highest BCUT2D eigenvalue weighted by molar-refractivity contribution is 5.94. The largest absolute Gasteiger partial charge is 0.449 e. The summed E-state index contributed by atoms with van der Waals surface area (Å²) in [5.41, 5.74) is 1.05. The van der Waals surface area contributed by atoms with Crippen LogP contribution in [0.5, 0.6) is 0 Å². The molecule has 0 spiro atoms. The predicted octanol–water partition coefficient (Wildman–Crippen LogP) is 1.78. The molecule has 4 heterocycles. The zero-order valence-electron chi connectivity index (χ0n) is 12.2. The van der Waals surface area contributed by atoms with E-state index < -0.39 is 0 Å². The van der Waals surface area contributed by atoms with Gasteiger partial charge in [-0.2, -0.15) is 5.26 Å². The Morgan fingerprint density at radius 2 is 2.35 bits per heavy atom. The molecule has 1 saturated heterocycles. The van der Waals surface area contributed by atoms with E-state index in [1.165, 1.54) is 0 Å². The van der Waals surface area contributed by atoms with E-state index in [1.807, 2.05) is 12.1 Å². The second-order valence-electron chi connectivity index (χ2n) is 5.51. The summed E-state index contributed by atoms with van der Waals surface area (Å²) in [5, 5.41) is 10.2. The van der Waals surface area contributed by atoms with Crippen molar-refractivity contribution in [3.05, 3.63) is 52.7 Å². The van der Waals surface area contributed by atoms with E-state index in [-0.39, 0.29) is 17.0 Å². The van der Waals surface area contributed by atoms with Gasteiger partial charge in [0.15, 0.2) is 5.89 Å². The van der Waals surface area contributed by atoms with Crippen LogP contribution in [0.4, 0.5) is 5.69 Å². The summed E-state index contributed by atoms with van der Waals surface area (Å²) < 4.78 is 5.39. The lowest BCUT2D eigenvalue weighted by molar-refractivity contribution is 0.459. The number of fused-ring (bicyclic) bond motifs is 1. The molecule has 3 aromatic heterocycles. The molecule has 7 nitrogen and oxygen atoms in total. The number of nitriles is 1. The van der Waals surface area contributed by atoms with Crippen molar-refractivity contribution in [1.29, 1.82) is 5.26 Å². The molecule has 0 aromatic carbocycles. The molecule has 4 rings (SSSR count). The van der Waals surface area contributed by atoms with Crippen LogP contribution in [-0.4, -0.2) is 28.0 Å². The van der Waals surface area contributed by atoms with Crippen molar-refractivity contribution in [2.75, 3.05) is 18.0 Å². The summed E-state index contributed by atoms with van der Waals surface area (Å²) in [6, 6.07) is 3.86. The van der Waals surface area contributed by atoms with Crippen molar-refractivity contribution in [3.63, 3.8) is 0 Å². The summed E-state index contributed by atoms with van der Waals surface area (Å²) in [7, 11) is 0. The highest BCUT2D eigenvalue weighted by Crippen LogP contribution is 2.34. The number of nitrogens with one attached hydrogen (secondary N) is 1. The molecule has 23 heavy (non-hydrogen) atoms. The van der Waals surface area contributed by atoms with E-state index in [9.17, 15) is 10.1 Å². The Hall–Kier alpha value is -3.14. The summed E-state index contributed by atoms with van der Waals surface area (Å²) in [6.45, 7) is 1.40. The van der Waals surface area contributed by atoms with Gasteiger partial charge in [0.05, 0.1) is 29.5 Å². The molecule has 1 aliphatic heterocycles. The van der Waals surface area contributed by atoms with Crippen molar-refractivity contribution >= 4 is 16.6 Å². The first kappa shape index (κ1) is 13.5. The first-order valence-electron chi connectivity index (χ1n) is 7.32. The molecule has 0 amide bonds. The third-order valence-electron chi connectivity index (χ3n) is 4.21. The van der Waals surface area contributed by atoms with E-state index in [1.54, 1.807) is 24.9 Å². The Morgan fingerprint density at radius 1 is 1.43 bits per heavy atom. The molecule has 0 saturated carbocycles. The minimum Gasteiger partial charge on any atom is -0.449 e. The maximum absolute atomic E-state index is 12.2. The number of oxazole rings is 1. The van der Waals surface area contributed by atoms with Crippen molar-refractivity contribution in [1.82, 2.24) is 15.0 Å². The maximum atomic E-state index is 12.2. The average molecular weight is 307 g/mol. The van der Waals surface area contributed by atoms with Crippen molar-refractivity contribution in [2.45, 2.75) is 12.3 Å². The molecule has 1 atom stereocenters. The Balaban J connectivity index is 1.83. The highest BCUT2D eigenvalue weighted by Gasteiger charge is 2.30. The Bertz CT molecular complexity index is 955. The van der Waals surface area contributed by atoms with Gasteiger partial charge in [-0.3, -0.25) is 9.78 Å². The van der Waals surface area contributed by atoms with Gasteiger partial charge >= 0.3 is 0 Å². The van der Waals surface area contributed by atoms with Gasteiger partial charge in [0.1, 0.15) is 17.9 Å². The molecule has 1 fully saturated rings. The summed E-state index contributed by atoms with van der Waals surface area (Å²) >= 11 is 0. The molecule has 0 radical (unpaired) electrons. The third-order valence-corrected chi connectivity index (χ3v) is 4.21. The number of anilines is 1. The Kier molecular flexibility index (Phi) is 3.08. The topological polar surface area (TPSA) is 98.8 Å². The van der Waals surface area contributed by atoms with E-state index in [0.29, 0.717) is 23.6 Å². The average Bonchev–Trinajstić information content (AvgIpc) is 3.24. The van der Waals surface area contributed by atoms with Gasteiger partial charge in [-0.15, -0.1) is 0 Å². The molecule has 1 N–H and O–H groups in total. The zero-order valence-corrected chi connectivity index (χ0v) is 12.2. The zero-order chi connectivity index (χ0) is 15.8. The predicted molar refractivity (Wildman–Crippen MR) is 83.2 cm³/mol. The monoisotopic (exact) mass is 307 g/mol. The standard InChI is InChI=1S/C16H13N5O2/c17-7-12-14(11-1-3-18-8-13(11)20-15(12)22)21-5-2-10(9-21)16-19-4-6-23-16/h1,3-4,6,8,10H,2,5,9H2,(H,20,22). The van der Waals surface area contributed by atoms with E-state index in [0.717, 1.165) is 18.4 Å². The molecule has 114 valence electrons. The fraction of sp³-hybridized carbons (Fsp3) is 0.250. The van der Waals surface area contributed by atoms with Crippen molar-refractivity contribution < 1.29 is 4.42 Å². The summed E-state index contributed by atoms with van der Waals surface area (Å²) in [4.78, 5) is 25.2. The van der Waals surface area contributed by atoms with Gasteiger partial charge in [0, 0.05) is 24.7 Å². The fourth-order valence-corrected chi connectivity index (χ4v) is 3.16. The molecule has 3 aromatic rings. The molecule has 1 aliphatic rings. The number of nitrogens with zero attached hydrogens (tertiary/aromatic N) is 4. The van der Waals surface area contributed by atoms with Crippen LogP contribution in [0.2, 0.25) is 0 Å². The van der Waals surface area contributed by atoms with Gasteiger partial charge < -0.3 is 14.3 Å². The van der Waals surface area contributed by atoms with Gasteiger partial charge in [-0.05, 0) is 12.5 Å². The second kappa shape index (κ2) is 5.25. The molecular weight excluding hydrogens is 294 g/mol. The van der Waals surface area contributed by atoms with Gasteiger partial charge in [-0.25, -0.2) is 4.98 Å². The van der Waals surface area contributed by atoms with Gasteiger partial charge in [-0.1, -0.05) is 0 Å². The number of hydrogen-bond donors (Lipinski definition) is 1. The number of rotatable bonds is 2. The Labute approximate surface area is 131 Å². The summed E-state index contributed by atoms with van der Waals surface area (Å²) in [5.74, 6) is 0.856. The Morgan fingerprint density at radius 3 is 3.13 bits per heavy atom. The minimum atomic E-state index is -0.387. The van der Waals surface area contributed by atoms with Crippen LogP contribution in [0.25, 0.3) is 10.9 Å². The SMILES string of the molecule is N#Cc1c(N2CCC(c3ncco3)C2)c2ccncc2[nH]c1=O. The lowest BCUT2D eigenvalue weighted by atomic mass is 10.1. The third kappa shape index (κ3) is 2.16. The smallest absolute Gasteiger partial charge is 0.268 e. The summed E-state index contributed by atoms with van der Waals surface area (Å²) in [6.07, 6.45) is 7.32. The highest BCUT2D eigenvalue weighted by atomic mass is 16.3. The second-order valence-corrected chi connectivity index (χ2v) is 5.51. The number of aromatic nitrogens is 3. The van der Waals surface area contributed by atoms with Crippen molar-refractivity contribution in [2.24, 2.45) is 0 Å². The lowest BCUT2D eigenvalue weighted by Gasteiger charge is -2.21. The van der Waals surface area contributed by atoms with Crippen LogP contribution in [0.1, 0.15) is 23.8 Å². The number of hydrogen-bond acceptors (Lipinski definition) is 6. The number of pyridine rings is 2. The van der Waals surface area contributed by atoms with Gasteiger partial charge in [0.25, 0.3) is 5.56 Å². The van der Waals surface area contributed by atoms with Crippen LogP contribution in [0.3, 0.4) is 0 Å². The molecule has 0 bridgehead atoms. The van der Waals surface area contributed by atoms with Gasteiger partial charge in [0.2, 0.25) is 0 Å². The van der Waals surface area contributed by atoms with Crippen LogP contribution in [0, 0.1) is 11.3 Å². The van der Waals surface area contributed by atoms with Crippen LogP contribution in [-0.2, 0) is 0 Å². The lowest BCUT2D eigenvalue weighted by Crippen LogP contribution is -2.24. The maximum Gasteiger partial charge on any atom is 0.268 e. The minimum absolute atomic E-state index is 0.136. The van der Waals surface area contributed by atoms with Crippen molar-refractivity contribution in [3.8, 4) is 6.07 Å². The van der Waals surface area contributed by atoms with Crippen LogP contribution >= 0.6 is 0 Å². The first-order chi connectivity index (χ1) is 11.3. The number of aromatic amines is 1. The molecule has 0 aliphatic carbocycles. The molecular formula is C16H13N5O2. The van der Waals surface area contributed by atoms with Crippen LogP contribution < -0.4 is 10.5 Å². The molecule has 7 heteroatoms. The van der Waals surface area contributed by atoms with E-state index in [2.05, 4.69) is 19.9 Å².